The summed E-state index contributed by atoms with van der Waals surface area (Å²) < 4.78 is 14.4. The predicted octanol–water partition coefficient (Wildman–Crippen LogP) is 5.74. The van der Waals surface area contributed by atoms with E-state index in [0.717, 1.165) is 54.4 Å². The van der Waals surface area contributed by atoms with Crippen molar-refractivity contribution in [1.82, 2.24) is 14.5 Å². The Balaban J connectivity index is 1.83. The van der Waals surface area contributed by atoms with E-state index in [1.54, 1.807) is 0 Å². The fraction of sp³-hybridized carbons (Fsp3) is 0.480. The quantitative estimate of drug-likeness (QED) is 0.267. The number of hydrogen-bond acceptors (Lipinski definition) is 4. The summed E-state index contributed by atoms with van der Waals surface area (Å²) in [7, 11) is 3.10. The highest BCUT2D eigenvalue weighted by molar-refractivity contribution is 6.76. The molecule has 3 rings (SSSR count). The van der Waals surface area contributed by atoms with E-state index < -0.39 is 8.07 Å². The third kappa shape index (κ3) is 6.92. The average molecular weight is 440 g/mol. The van der Waals surface area contributed by atoms with Gasteiger partial charge in [0.05, 0.1) is 12.0 Å². The number of fused-ring (bicyclic) bond motifs is 1. The fourth-order valence-electron chi connectivity index (χ4n) is 3.49. The first-order chi connectivity index (χ1) is 14.8. The second-order valence-corrected chi connectivity index (χ2v) is 15.2. The van der Waals surface area contributed by atoms with Gasteiger partial charge in [0, 0.05) is 32.6 Å². The smallest absolute Gasteiger partial charge is 0.146 e. The Morgan fingerprint density at radius 2 is 1.77 bits per heavy atom. The molecule has 1 aromatic carbocycles. The van der Waals surface area contributed by atoms with Crippen LogP contribution < -0.4 is 4.74 Å². The molecule has 0 saturated carbocycles. The molecule has 2 aromatic heterocycles. The Hall–Kier alpha value is -2.15. The molecule has 0 bridgehead atoms. The Labute approximate surface area is 188 Å². The topological polar surface area (TPSA) is 39.5 Å². The van der Waals surface area contributed by atoms with Crippen LogP contribution in [0.1, 0.15) is 12.8 Å². The lowest BCUT2D eigenvalue weighted by molar-refractivity contribution is 0.0899. The van der Waals surface area contributed by atoms with Crippen LogP contribution in [0.4, 0.5) is 0 Å². The molecule has 0 aliphatic carbocycles. The summed E-state index contributed by atoms with van der Waals surface area (Å²) in [6.07, 6.45) is 6.15. The van der Waals surface area contributed by atoms with Gasteiger partial charge in [-0.25, -0.2) is 4.98 Å². The summed E-state index contributed by atoms with van der Waals surface area (Å²) in [6, 6.07) is 13.6. The first-order valence-electron chi connectivity index (χ1n) is 11.2. The van der Waals surface area contributed by atoms with Crippen molar-refractivity contribution in [2.75, 3.05) is 33.9 Å². The van der Waals surface area contributed by atoms with Crippen LogP contribution in [0.2, 0.25) is 25.7 Å². The van der Waals surface area contributed by atoms with Gasteiger partial charge in [-0.15, -0.1) is 0 Å². The molecular weight excluding hydrogens is 402 g/mol. The number of rotatable bonds is 12. The molecule has 0 N–H and O–H groups in total. The van der Waals surface area contributed by atoms with E-state index in [9.17, 15) is 0 Å². The Morgan fingerprint density at radius 1 is 1.00 bits per heavy atom. The van der Waals surface area contributed by atoms with Crippen LogP contribution in [-0.4, -0.2) is 56.4 Å². The van der Waals surface area contributed by atoms with Crippen molar-refractivity contribution in [2.24, 2.45) is 0 Å². The van der Waals surface area contributed by atoms with E-state index in [-0.39, 0.29) is 0 Å². The lowest BCUT2D eigenvalue weighted by Gasteiger charge is -2.15. The van der Waals surface area contributed by atoms with Gasteiger partial charge >= 0.3 is 0 Å². The van der Waals surface area contributed by atoms with E-state index in [1.165, 1.54) is 5.56 Å². The summed E-state index contributed by atoms with van der Waals surface area (Å²) in [4.78, 5) is 6.90. The molecule has 2 heterocycles. The van der Waals surface area contributed by atoms with Crippen LogP contribution in [0, 0.1) is 0 Å². The predicted molar refractivity (Wildman–Crippen MR) is 133 cm³/mol. The SMILES string of the molecule is CN(C)CCCCOc1ccnc2c1c(-c1ccccc1)cn2COCC[Si](C)(C)C. The molecule has 168 valence electrons. The average Bonchev–Trinajstić information content (AvgIpc) is 3.10. The van der Waals surface area contributed by atoms with Gasteiger partial charge in [-0.2, -0.15) is 0 Å². The van der Waals surface area contributed by atoms with Crippen LogP contribution >= 0.6 is 0 Å². The summed E-state index contributed by atoms with van der Waals surface area (Å²) in [6.45, 7) is 10.2. The molecule has 0 aliphatic rings. The number of benzene rings is 1. The minimum atomic E-state index is -1.11. The molecule has 0 spiro atoms. The number of ether oxygens (including phenoxy) is 2. The van der Waals surface area contributed by atoms with E-state index in [1.807, 2.05) is 18.3 Å². The maximum atomic E-state index is 6.24. The first-order valence-corrected chi connectivity index (χ1v) is 14.9. The zero-order valence-electron chi connectivity index (χ0n) is 19.7. The summed E-state index contributed by atoms with van der Waals surface area (Å²) in [5.41, 5.74) is 3.22. The molecule has 3 aromatic rings. The highest BCUT2D eigenvalue weighted by Gasteiger charge is 2.17. The van der Waals surface area contributed by atoms with Gasteiger partial charge in [-0.3, -0.25) is 0 Å². The normalized spacial score (nSPS) is 12.1. The lowest BCUT2D eigenvalue weighted by atomic mass is 10.1. The van der Waals surface area contributed by atoms with E-state index in [2.05, 4.69) is 78.6 Å². The Bertz CT molecular complexity index is 949. The molecule has 0 fully saturated rings. The van der Waals surface area contributed by atoms with Crippen molar-refractivity contribution in [1.29, 1.82) is 0 Å². The van der Waals surface area contributed by atoms with Crippen LogP contribution in [-0.2, 0) is 11.5 Å². The number of unbranched alkanes of at least 4 members (excludes halogenated alkanes) is 1. The van der Waals surface area contributed by atoms with Crippen molar-refractivity contribution in [3.8, 4) is 16.9 Å². The number of aromatic nitrogens is 2. The van der Waals surface area contributed by atoms with Crippen molar-refractivity contribution >= 4 is 19.1 Å². The molecule has 0 atom stereocenters. The van der Waals surface area contributed by atoms with Gasteiger partial charge in [0.15, 0.2) is 0 Å². The largest absolute Gasteiger partial charge is 0.493 e. The minimum Gasteiger partial charge on any atom is -0.493 e. The first kappa shape index (κ1) is 23.5. The molecule has 0 unspecified atom stereocenters. The molecule has 0 aliphatic heterocycles. The molecule has 6 heteroatoms. The second-order valence-electron chi connectivity index (χ2n) is 9.59. The maximum absolute atomic E-state index is 6.24. The van der Waals surface area contributed by atoms with Crippen molar-refractivity contribution < 1.29 is 9.47 Å². The summed E-state index contributed by atoms with van der Waals surface area (Å²) >= 11 is 0. The van der Waals surface area contributed by atoms with Crippen LogP contribution in [0.25, 0.3) is 22.2 Å². The highest BCUT2D eigenvalue weighted by atomic mass is 28.3. The number of pyridine rings is 1. The van der Waals surface area contributed by atoms with Crippen LogP contribution in [0.5, 0.6) is 5.75 Å². The van der Waals surface area contributed by atoms with Gasteiger partial charge in [0.1, 0.15) is 18.1 Å². The lowest BCUT2D eigenvalue weighted by Crippen LogP contribution is -2.22. The van der Waals surface area contributed by atoms with E-state index in [4.69, 9.17) is 9.47 Å². The molecule has 0 saturated heterocycles. The van der Waals surface area contributed by atoms with Gasteiger partial charge in [0.25, 0.3) is 0 Å². The molecule has 0 radical (unpaired) electrons. The molecule has 5 nitrogen and oxygen atoms in total. The van der Waals surface area contributed by atoms with E-state index >= 15 is 0 Å². The maximum Gasteiger partial charge on any atom is 0.146 e. The fourth-order valence-corrected chi connectivity index (χ4v) is 4.25. The Morgan fingerprint density at radius 3 is 2.48 bits per heavy atom. The molecule has 31 heavy (non-hydrogen) atoms. The zero-order valence-corrected chi connectivity index (χ0v) is 20.7. The standard InChI is InChI=1S/C25H37N3O2Si/c1-27(2)15-9-10-16-30-23-13-14-26-25-24(23)22(21-11-7-6-8-12-21)19-28(25)20-29-17-18-31(3,4)5/h6-8,11-14,19H,9-10,15-18,20H2,1-5H3. The van der Waals surface area contributed by atoms with Gasteiger partial charge in [-0.1, -0.05) is 50.0 Å². The van der Waals surface area contributed by atoms with E-state index in [0.29, 0.717) is 13.3 Å². The number of hydrogen-bond donors (Lipinski definition) is 0. The third-order valence-electron chi connectivity index (χ3n) is 5.29. The highest BCUT2D eigenvalue weighted by Crippen LogP contribution is 2.36. The Kier molecular flexibility index (Phi) is 8.29. The third-order valence-corrected chi connectivity index (χ3v) is 6.99. The molecule has 0 amide bonds. The van der Waals surface area contributed by atoms with Crippen LogP contribution in [0.3, 0.4) is 0 Å². The summed E-state index contributed by atoms with van der Waals surface area (Å²) in [5, 5.41) is 1.06. The van der Waals surface area contributed by atoms with Gasteiger partial charge < -0.3 is 18.9 Å². The van der Waals surface area contributed by atoms with Crippen molar-refractivity contribution in [2.45, 2.75) is 45.3 Å². The van der Waals surface area contributed by atoms with Crippen molar-refractivity contribution in [3.63, 3.8) is 0 Å². The zero-order chi connectivity index (χ0) is 22.3. The van der Waals surface area contributed by atoms with Gasteiger partial charge in [-0.05, 0) is 51.2 Å². The number of nitrogens with zero attached hydrogens (tertiary/aromatic N) is 3. The monoisotopic (exact) mass is 439 g/mol. The second kappa shape index (κ2) is 10.9. The summed E-state index contributed by atoms with van der Waals surface area (Å²) in [5.74, 6) is 0.898. The minimum absolute atomic E-state index is 0.507. The van der Waals surface area contributed by atoms with Crippen LogP contribution in [0.15, 0.2) is 48.8 Å². The molecular formula is C25H37N3O2Si. The van der Waals surface area contributed by atoms with Gasteiger partial charge in [0.2, 0.25) is 0 Å². The van der Waals surface area contributed by atoms with Crippen molar-refractivity contribution in [3.05, 3.63) is 48.8 Å².